The SMILES string of the molecule is O=C(O)CCNC(=O)c1ccc(NC(=O)c2ccc(=O)[nH]n2)cc1. The number of carboxylic acid groups (broad SMARTS) is 1. The minimum atomic E-state index is -0.996. The Bertz CT molecular complexity index is 793. The van der Waals surface area contributed by atoms with Gasteiger partial charge in [-0.25, -0.2) is 5.10 Å². The van der Waals surface area contributed by atoms with Gasteiger partial charge >= 0.3 is 5.97 Å². The lowest BCUT2D eigenvalue weighted by molar-refractivity contribution is -0.136. The van der Waals surface area contributed by atoms with E-state index in [1.54, 1.807) is 0 Å². The van der Waals surface area contributed by atoms with Crippen molar-refractivity contribution in [2.45, 2.75) is 6.42 Å². The van der Waals surface area contributed by atoms with Gasteiger partial charge in [-0.2, -0.15) is 5.10 Å². The predicted octanol–water partition coefficient (Wildman–Crippen LogP) is 0.227. The minimum absolute atomic E-state index is 0.0323. The van der Waals surface area contributed by atoms with Gasteiger partial charge in [0.1, 0.15) is 5.69 Å². The molecule has 0 aliphatic rings. The van der Waals surface area contributed by atoms with E-state index in [2.05, 4.69) is 20.8 Å². The Morgan fingerprint density at radius 3 is 2.33 bits per heavy atom. The smallest absolute Gasteiger partial charge is 0.305 e. The van der Waals surface area contributed by atoms with Crippen LogP contribution in [-0.2, 0) is 4.79 Å². The Morgan fingerprint density at radius 1 is 1.04 bits per heavy atom. The number of benzene rings is 1. The minimum Gasteiger partial charge on any atom is -0.481 e. The number of nitrogens with one attached hydrogen (secondary N) is 3. The molecule has 24 heavy (non-hydrogen) atoms. The third-order valence-corrected chi connectivity index (χ3v) is 2.94. The Labute approximate surface area is 135 Å². The van der Waals surface area contributed by atoms with Gasteiger partial charge < -0.3 is 15.7 Å². The Kier molecular flexibility index (Phi) is 5.40. The maximum Gasteiger partial charge on any atom is 0.305 e. The summed E-state index contributed by atoms with van der Waals surface area (Å²) in [7, 11) is 0. The summed E-state index contributed by atoms with van der Waals surface area (Å²) in [4.78, 5) is 45.0. The van der Waals surface area contributed by atoms with Crippen molar-refractivity contribution in [2.24, 2.45) is 0 Å². The van der Waals surface area contributed by atoms with E-state index >= 15 is 0 Å². The van der Waals surface area contributed by atoms with Gasteiger partial charge in [-0.3, -0.25) is 19.2 Å². The number of carboxylic acids is 1. The molecule has 9 heteroatoms. The maximum absolute atomic E-state index is 11.9. The van der Waals surface area contributed by atoms with E-state index in [-0.39, 0.29) is 18.7 Å². The lowest BCUT2D eigenvalue weighted by Crippen LogP contribution is -2.26. The molecule has 4 N–H and O–H groups in total. The zero-order valence-corrected chi connectivity index (χ0v) is 12.4. The van der Waals surface area contributed by atoms with Crippen LogP contribution >= 0.6 is 0 Å². The molecular formula is C15H14N4O5. The number of rotatable bonds is 6. The van der Waals surface area contributed by atoms with Crippen LogP contribution in [0, 0.1) is 0 Å². The lowest BCUT2D eigenvalue weighted by Gasteiger charge is -2.06. The second-order valence-corrected chi connectivity index (χ2v) is 4.74. The number of carbonyl (C=O) groups excluding carboxylic acids is 2. The standard InChI is InChI=1S/C15H14N4O5/c20-12-6-5-11(18-19-12)15(24)17-10-3-1-9(2-4-10)14(23)16-8-7-13(21)22/h1-6H,7-8H2,(H,16,23)(H,17,24)(H,19,20)(H,21,22). The molecule has 1 aromatic heterocycles. The van der Waals surface area contributed by atoms with E-state index in [0.717, 1.165) is 0 Å². The predicted molar refractivity (Wildman–Crippen MR) is 83.8 cm³/mol. The second-order valence-electron chi connectivity index (χ2n) is 4.74. The van der Waals surface area contributed by atoms with Crippen LogP contribution in [-0.4, -0.2) is 39.6 Å². The van der Waals surface area contributed by atoms with Gasteiger partial charge in [0.25, 0.3) is 17.4 Å². The van der Waals surface area contributed by atoms with Crippen LogP contribution < -0.4 is 16.2 Å². The second kappa shape index (κ2) is 7.68. The zero-order valence-electron chi connectivity index (χ0n) is 12.4. The average molecular weight is 330 g/mol. The summed E-state index contributed by atoms with van der Waals surface area (Å²) < 4.78 is 0. The maximum atomic E-state index is 11.9. The van der Waals surface area contributed by atoms with Crippen molar-refractivity contribution in [3.05, 3.63) is 58.0 Å². The van der Waals surface area contributed by atoms with E-state index in [9.17, 15) is 19.2 Å². The van der Waals surface area contributed by atoms with E-state index in [0.29, 0.717) is 11.3 Å². The highest BCUT2D eigenvalue weighted by atomic mass is 16.4. The quantitative estimate of drug-likeness (QED) is 0.597. The largest absolute Gasteiger partial charge is 0.481 e. The molecule has 1 aromatic carbocycles. The number of aromatic amines is 1. The van der Waals surface area contributed by atoms with Gasteiger partial charge in [-0.15, -0.1) is 0 Å². The fraction of sp³-hybridized carbons (Fsp3) is 0.133. The van der Waals surface area contributed by atoms with Gasteiger partial charge in [-0.1, -0.05) is 0 Å². The van der Waals surface area contributed by atoms with E-state index in [1.807, 2.05) is 0 Å². The number of amides is 2. The molecule has 0 radical (unpaired) electrons. The summed E-state index contributed by atoms with van der Waals surface area (Å²) in [5, 5.41) is 19.3. The Balaban J connectivity index is 1.95. The molecule has 0 fully saturated rings. The summed E-state index contributed by atoms with van der Waals surface area (Å²) in [5.41, 5.74) is 0.408. The summed E-state index contributed by atoms with van der Waals surface area (Å²) in [5.74, 6) is -1.91. The van der Waals surface area contributed by atoms with Crippen molar-refractivity contribution in [2.75, 3.05) is 11.9 Å². The van der Waals surface area contributed by atoms with Crippen LogP contribution in [0.25, 0.3) is 0 Å². The molecule has 2 amide bonds. The highest BCUT2D eigenvalue weighted by Gasteiger charge is 2.09. The van der Waals surface area contributed by atoms with Crippen LogP contribution in [0.2, 0.25) is 0 Å². The zero-order chi connectivity index (χ0) is 17.5. The first-order valence-electron chi connectivity index (χ1n) is 6.93. The molecule has 0 unspecified atom stereocenters. The number of aliphatic carboxylic acids is 1. The number of hydrogen-bond donors (Lipinski definition) is 4. The van der Waals surface area contributed by atoms with Crippen LogP contribution in [0.5, 0.6) is 0 Å². The van der Waals surface area contributed by atoms with E-state index in [1.165, 1.54) is 36.4 Å². The molecule has 0 aliphatic carbocycles. The van der Waals surface area contributed by atoms with Gasteiger partial charge in [0.15, 0.2) is 0 Å². The first kappa shape index (κ1) is 16.9. The Morgan fingerprint density at radius 2 is 1.75 bits per heavy atom. The monoisotopic (exact) mass is 330 g/mol. The highest BCUT2D eigenvalue weighted by Crippen LogP contribution is 2.10. The summed E-state index contributed by atoms with van der Waals surface area (Å²) >= 11 is 0. The molecule has 9 nitrogen and oxygen atoms in total. The number of aromatic nitrogens is 2. The van der Waals surface area contributed by atoms with Crippen LogP contribution in [0.3, 0.4) is 0 Å². The molecule has 124 valence electrons. The van der Waals surface area contributed by atoms with Crippen LogP contribution in [0.4, 0.5) is 5.69 Å². The molecule has 0 spiro atoms. The summed E-state index contributed by atoms with van der Waals surface area (Å²) in [6, 6.07) is 8.51. The fourth-order valence-corrected chi connectivity index (χ4v) is 1.76. The molecule has 2 rings (SSSR count). The molecule has 1 heterocycles. The number of anilines is 1. The number of hydrogen-bond acceptors (Lipinski definition) is 5. The lowest BCUT2D eigenvalue weighted by atomic mass is 10.2. The van der Waals surface area contributed by atoms with Crippen LogP contribution in [0.1, 0.15) is 27.3 Å². The topological polar surface area (TPSA) is 141 Å². The van der Waals surface area contributed by atoms with Gasteiger partial charge in [0.05, 0.1) is 6.42 Å². The number of nitrogens with zero attached hydrogens (tertiary/aromatic N) is 1. The van der Waals surface area contributed by atoms with E-state index < -0.39 is 23.3 Å². The van der Waals surface area contributed by atoms with Crippen molar-refractivity contribution in [3.8, 4) is 0 Å². The normalized spacial score (nSPS) is 10.0. The fourth-order valence-electron chi connectivity index (χ4n) is 1.76. The molecule has 0 saturated carbocycles. The molecule has 0 aliphatic heterocycles. The number of H-pyrrole nitrogens is 1. The van der Waals surface area contributed by atoms with Gasteiger partial charge in [0.2, 0.25) is 0 Å². The first-order valence-corrected chi connectivity index (χ1v) is 6.93. The number of carbonyl (C=O) groups is 3. The first-order chi connectivity index (χ1) is 11.5. The molecule has 0 saturated heterocycles. The van der Waals surface area contributed by atoms with Crippen molar-refractivity contribution < 1.29 is 19.5 Å². The van der Waals surface area contributed by atoms with Crippen LogP contribution in [0.15, 0.2) is 41.2 Å². The molecule has 0 bridgehead atoms. The third kappa shape index (κ3) is 4.77. The third-order valence-electron chi connectivity index (χ3n) is 2.94. The van der Waals surface area contributed by atoms with Gasteiger partial charge in [0, 0.05) is 23.9 Å². The van der Waals surface area contributed by atoms with Crippen molar-refractivity contribution in [1.29, 1.82) is 0 Å². The average Bonchev–Trinajstić information content (AvgIpc) is 2.55. The van der Waals surface area contributed by atoms with Crippen molar-refractivity contribution in [1.82, 2.24) is 15.5 Å². The van der Waals surface area contributed by atoms with E-state index in [4.69, 9.17) is 5.11 Å². The molecule has 0 atom stereocenters. The van der Waals surface area contributed by atoms with Gasteiger partial charge in [-0.05, 0) is 30.3 Å². The summed E-state index contributed by atoms with van der Waals surface area (Å²) in [6.07, 6.45) is -0.161. The highest BCUT2D eigenvalue weighted by molar-refractivity contribution is 6.03. The summed E-state index contributed by atoms with van der Waals surface area (Å²) in [6.45, 7) is 0.0323. The molecular weight excluding hydrogens is 316 g/mol. The van der Waals surface area contributed by atoms with Crippen molar-refractivity contribution in [3.63, 3.8) is 0 Å². The Hall–Kier alpha value is -3.49. The van der Waals surface area contributed by atoms with Crippen molar-refractivity contribution >= 4 is 23.5 Å². The molecule has 2 aromatic rings.